The molecule has 34 heavy (non-hydrogen) atoms. The number of benzene rings is 1. The standard InChI is InChI=1S/C21H13F4N5O3S/c1-2-34(32,33)17-8-13(15-5-3-12(9-26)7-16(15)22)10-27-19(17)30-20(31)29-11-14(21(23,24)25)4-6-18(29)28-30/h3-8,10-11H,2H2,1H3. The zero-order chi connectivity index (χ0) is 24.8. The lowest BCUT2D eigenvalue weighted by atomic mass is 10.1. The number of aromatic nitrogens is 4. The highest BCUT2D eigenvalue weighted by Crippen LogP contribution is 2.30. The second-order valence-corrected chi connectivity index (χ2v) is 9.34. The molecule has 3 heterocycles. The Morgan fingerprint density at radius 1 is 1.15 bits per heavy atom. The Bertz CT molecular complexity index is 1650. The van der Waals surface area contributed by atoms with E-state index in [9.17, 15) is 30.8 Å². The predicted octanol–water partition coefficient (Wildman–Crippen LogP) is 3.37. The van der Waals surface area contributed by atoms with Crippen LogP contribution in [0.1, 0.15) is 18.1 Å². The third kappa shape index (κ3) is 3.92. The van der Waals surface area contributed by atoms with E-state index < -0.39 is 49.6 Å². The highest BCUT2D eigenvalue weighted by atomic mass is 32.2. The van der Waals surface area contributed by atoms with Crippen LogP contribution >= 0.6 is 0 Å². The maximum Gasteiger partial charge on any atom is 0.417 e. The van der Waals surface area contributed by atoms with E-state index in [-0.39, 0.29) is 22.3 Å². The summed E-state index contributed by atoms with van der Waals surface area (Å²) in [5.74, 6) is -1.64. The maximum absolute atomic E-state index is 14.5. The number of hydrogen-bond acceptors (Lipinski definition) is 6. The molecule has 4 rings (SSSR count). The second kappa shape index (κ2) is 8.07. The predicted molar refractivity (Wildman–Crippen MR) is 111 cm³/mol. The van der Waals surface area contributed by atoms with Crippen LogP contribution in [-0.4, -0.2) is 33.3 Å². The molecule has 0 fully saturated rings. The molecule has 174 valence electrons. The molecule has 0 saturated carbocycles. The van der Waals surface area contributed by atoms with Gasteiger partial charge in [-0.1, -0.05) is 13.0 Å². The van der Waals surface area contributed by atoms with Gasteiger partial charge in [0.05, 0.1) is 22.9 Å². The molecule has 0 aliphatic rings. The van der Waals surface area contributed by atoms with Gasteiger partial charge in [-0.15, -0.1) is 5.10 Å². The first-order valence-electron chi connectivity index (χ1n) is 9.58. The fraction of sp³-hybridized carbons (Fsp3) is 0.143. The van der Waals surface area contributed by atoms with E-state index in [0.717, 1.165) is 30.5 Å². The lowest BCUT2D eigenvalue weighted by molar-refractivity contribution is -0.137. The summed E-state index contributed by atoms with van der Waals surface area (Å²) in [4.78, 5) is 16.4. The van der Waals surface area contributed by atoms with E-state index in [1.165, 1.54) is 19.1 Å². The monoisotopic (exact) mass is 491 g/mol. The van der Waals surface area contributed by atoms with Crippen LogP contribution in [0.4, 0.5) is 17.6 Å². The van der Waals surface area contributed by atoms with Crippen molar-refractivity contribution in [3.8, 4) is 23.0 Å². The number of rotatable bonds is 4. The van der Waals surface area contributed by atoms with Gasteiger partial charge in [0, 0.05) is 23.5 Å². The molecule has 0 atom stereocenters. The van der Waals surface area contributed by atoms with Crippen molar-refractivity contribution >= 4 is 15.5 Å². The highest BCUT2D eigenvalue weighted by Gasteiger charge is 2.31. The minimum absolute atomic E-state index is 0.0391. The number of fused-ring (bicyclic) bond motifs is 1. The fourth-order valence-corrected chi connectivity index (χ4v) is 4.26. The topological polar surface area (TPSA) is 110 Å². The average Bonchev–Trinajstić information content (AvgIpc) is 3.13. The van der Waals surface area contributed by atoms with Gasteiger partial charge in [-0.25, -0.2) is 27.0 Å². The summed E-state index contributed by atoms with van der Waals surface area (Å²) in [7, 11) is -4.05. The van der Waals surface area contributed by atoms with Crippen LogP contribution in [0.15, 0.2) is 58.5 Å². The first kappa shape index (κ1) is 23.1. The van der Waals surface area contributed by atoms with Crippen LogP contribution in [0, 0.1) is 17.1 Å². The summed E-state index contributed by atoms with van der Waals surface area (Å²) >= 11 is 0. The second-order valence-electron chi connectivity index (χ2n) is 7.09. The lowest BCUT2D eigenvalue weighted by Gasteiger charge is -2.11. The molecule has 0 spiro atoms. The summed E-state index contributed by atoms with van der Waals surface area (Å²) in [6.45, 7) is 1.34. The molecule has 0 N–H and O–H groups in total. The number of hydrogen-bond donors (Lipinski definition) is 0. The molecule has 8 nitrogen and oxygen atoms in total. The Labute approximate surface area is 189 Å². The van der Waals surface area contributed by atoms with Crippen molar-refractivity contribution in [1.29, 1.82) is 5.26 Å². The van der Waals surface area contributed by atoms with Crippen molar-refractivity contribution in [1.82, 2.24) is 19.2 Å². The first-order chi connectivity index (χ1) is 16.0. The first-order valence-corrected chi connectivity index (χ1v) is 11.2. The smallest absolute Gasteiger partial charge is 0.249 e. The van der Waals surface area contributed by atoms with Crippen LogP contribution in [0.5, 0.6) is 0 Å². The molecule has 0 amide bonds. The van der Waals surface area contributed by atoms with Gasteiger partial charge >= 0.3 is 11.9 Å². The number of nitriles is 1. The third-order valence-electron chi connectivity index (χ3n) is 5.00. The van der Waals surface area contributed by atoms with Crippen LogP contribution in [0.2, 0.25) is 0 Å². The zero-order valence-electron chi connectivity index (χ0n) is 17.2. The molecule has 0 aliphatic heterocycles. The van der Waals surface area contributed by atoms with Crippen molar-refractivity contribution in [3.63, 3.8) is 0 Å². The number of alkyl halides is 3. The average molecular weight is 491 g/mol. The van der Waals surface area contributed by atoms with Crippen LogP contribution < -0.4 is 5.69 Å². The summed E-state index contributed by atoms with van der Waals surface area (Å²) < 4.78 is 80.5. The van der Waals surface area contributed by atoms with Gasteiger partial charge in [0.1, 0.15) is 10.7 Å². The molecule has 0 unspecified atom stereocenters. The van der Waals surface area contributed by atoms with Crippen molar-refractivity contribution in [2.24, 2.45) is 0 Å². The Morgan fingerprint density at radius 3 is 2.50 bits per heavy atom. The van der Waals surface area contributed by atoms with E-state index in [1.807, 2.05) is 0 Å². The summed E-state index contributed by atoms with van der Waals surface area (Å²) in [6, 6.07) is 8.18. The van der Waals surface area contributed by atoms with Crippen LogP contribution in [0.3, 0.4) is 0 Å². The lowest BCUT2D eigenvalue weighted by Crippen LogP contribution is -2.23. The number of sulfone groups is 1. The number of halogens is 4. The molecule has 0 saturated heterocycles. The molecular weight excluding hydrogens is 478 g/mol. The molecule has 0 bridgehead atoms. The van der Waals surface area contributed by atoms with Gasteiger partial charge in [0.2, 0.25) is 0 Å². The molecule has 4 aromatic rings. The zero-order valence-corrected chi connectivity index (χ0v) is 18.0. The maximum atomic E-state index is 14.5. The molecule has 13 heteroatoms. The SMILES string of the molecule is CCS(=O)(=O)c1cc(-c2ccc(C#N)cc2F)cnc1-n1nc2ccc(C(F)(F)F)cn2c1=O. The van der Waals surface area contributed by atoms with Gasteiger partial charge in [-0.2, -0.15) is 23.1 Å². The van der Waals surface area contributed by atoms with E-state index in [4.69, 9.17) is 5.26 Å². The minimum Gasteiger partial charge on any atom is -0.249 e. The number of nitrogens with zero attached hydrogens (tertiary/aromatic N) is 5. The van der Waals surface area contributed by atoms with Gasteiger partial charge in [-0.05, 0) is 30.3 Å². The molecule has 0 aliphatic carbocycles. The Hall–Kier alpha value is -4.05. The van der Waals surface area contributed by atoms with Crippen molar-refractivity contribution in [3.05, 3.63) is 76.2 Å². The third-order valence-corrected chi connectivity index (χ3v) is 6.73. The van der Waals surface area contributed by atoms with E-state index >= 15 is 0 Å². The molecule has 3 aromatic heterocycles. The van der Waals surface area contributed by atoms with Gasteiger partial charge in [0.25, 0.3) is 0 Å². The van der Waals surface area contributed by atoms with Crippen LogP contribution in [0.25, 0.3) is 22.6 Å². The Morgan fingerprint density at radius 2 is 1.88 bits per heavy atom. The van der Waals surface area contributed by atoms with E-state index in [2.05, 4.69) is 10.1 Å². The van der Waals surface area contributed by atoms with Crippen LogP contribution in [-0.2, 0) is 16.0 Å². The van der Waals surface area contributed by atoms with Crippen molar-refractivity contribution < 1.29 is 26.0 Å². The highest BCUT2D eigenvalue weighted by molar-refractivity contribution is 7.91. The Kier molecular flexibility index (Phi) is 5.49. The number of pyridine rings is 2. The van der Waals surface area contributed by atoms with Crippen molar-refractivity contribution in [2.45, 2.75) is 18.0 Å². The molecular formula is C21H13F4N5O3S. The van der Waals surface area contributed by atoms with Gasteiger partial charge in [-0.3, -0.25) is 0 Å². The van der Waals surface area contributed by atoms with E-state index in [1.54, 1.807) is 6.07 Å². The summed E-state index contributed by atoms with van der Waals surface area (Å²) in [5.41, 5.74) is -2.26. The summed E-state index contributed by atoms with van der Waals surface area (Å²) in [5, 5.41) is 12.8. The van der Waals surface area contributed by atoms with Gasteiger partial charge < -0.3 is 0 Å². The quantitative estimate of drug-likeness (QED) is 0.405. The summed E-state index contributed by atoms with van der Waals surface area (Å²) in [6.07, 6.45) is -3.06. The fourth-order valence-electron chi connectivity index (χ4n) is 3.23. The Balaban J connectivity index is 1.96. The van der Waals surface area contributed by atoms with E-state index in [0.29, 0.717) is 15.3 Å². The minimum atomic E-state index is -4.71. The normalized spacial score (nSPS) is 12.1. The van der Waals surface area contributed by atoms with Crippen molar-refractivity contribution in [2.75, 3.05) is 5.75 Å². The van der Waals surface area contributed by atoms with Gasteiger partial charge in [0.15, 0.2) is 21.3 Å². The largest absolute Gasteiger partial charge is 0.417 e. The molecule has 0 radical (unpaired) electrons. The molecule has 1 aromatic carbocycles.